The maximum absolute atomic E-state index is 10.8. The molecule has 0 saturated carbocycles. The fourth-order valence-electron chi connectivity index (χ4n) is 1.80. The highest BCUT2D eigenvalue weighted by atomic mass is 35.5. The van der Waals surface area contributed by atoms with E-state index in [2.05, 4.69) is 4.98 Å². The van der Waals surface area contributed by atoms with Gasteiger partial charge in [-0.1, -0.05) is 11.6 Å². The number of nitrogens with zero attached hydrogens (tertiary/aromatic N) is 3. The normalized spacial score (nSPS) is 10.0. The van der Waals surface area contributed by atoms with Crippen molar-refractivity contribution in [3.05, 3.63) is 56.2 Å². The number of non-ortho nitro benzene ring substituents is 1. The van der Waals surface area contributed by atoms with Crippen molar-refractivity contribution in [2.24, 2.45) is 0 Å². The molecule has 0 unspecified atom stereocenters. The Bertz CT molecular complexity index is 769. The van der Waals surface area contributed by atoms with Crippen LogP contribution in [-0.2, 0) is 0 Å². The highest BCUT2D eigenvalue weighted by molar-refractivity contribution is 6.32. The zero-order valence-electron chi connectivity index (χ0n) is 11.3. The fourth-order valence-corrected chi connectivity index (χ4v) is 1.96. The predicted octanol–water partition coefficient (Wildman–Crippen LogP) is 3.92. The third-order valence-corrected chi connectivity index (χ3v) is 3.07. The van der Waals surface area contributed by atoms with Crippen molar-refractivity contribution in [2.75, 3.05) is 0 Å². The summed E-state index contributed by atoms with van der Waals surface area (Å²) in [5.41, 5.74) is 1.49. The molecule has 0 saturated heterocycles. The quantitative estimate of drug-likeness (QED) is 0.633. The maximum Gasteiger partial charge on any atom is 0.273 e. The Kier molecular flexibility index (Phi) is 4.05. The number of halogens is 1. The van der Waals surface area contributed by atoms with E-state index in [9.17, 15) is 10.1 Å². The van der Waals surface area contributed by atoms with Crippen LogP contribution in [0.3, 0.4) is 0 Å². The number of hydrogen-bond acceptors (Lipinski definition) is 5. The summed E-state index contributed by atoms with van der Waals surface area (Å²) in [5, 5.41) is 20.2. The minimum Gasteiger partial charge on any atom is -0.436 e. The van der Waals surface area contributed by atoms with Crippen molar-refractivity contribution in [3.8, 4) is 17.7 Å². The van der Waals surface area contributed by atoms with Gasteiger partial charge >= 0.3 is 0 Å². The second-order valence-corrected chi connectivity index (χ2v) is 4.75. The lowest BCUT2D eigenvalue weighted by Gasteiger charge is -2.10. The van der Waals surface area contributed by atoms with Crippen LogP contribution in [0.4, 0.5) is 5.69 Å². The van der Waals surface area contributed by atoms with E-state index < -0.39 is 4.92 Å². The lowest BCUT2D eigenvalue weighted by molar-refractivity contribution is -0.384. The van der Waals surface area contributed by atoms with Crippen molar-refractivity contribution in [3.63, 3.8) is 0 Å². The van der Waals surface area contributed by atoms with Crippen LogP contribution in [0.5, 0.6) is 11.6 Å². The highest BCUT2D eigenvalue weighted by Crippen LogP contribution is 2.33. The monoisotopic (exact) mass is 303 g/mol. The van der Waals surface area contributed by atoms with Gasteiger partial charge in [0.15, 0.2) is 5.75 Å². The number of aryl methyl sites for hydroxylation is 2. The SMILES string of the molecule is Cc1cc(C)c(C#N)c(Oc2cc([N+](=O)[O-])ccc2Cl)n1. The lowest BCUT2D eigenvalue weighted by Crippen LogP contribution is -1.98. The summed E-state index contributed by atoms with van der Waals surface area (Å²) < 4.78 is 5.51. The summed E-state index contributed by atoms with van der Waals surface area (Å²) in [6.45, 7) is 3.52. The minimum absolute atomic E-state index is 0.0809. The summed E-state index contributed by atoms with van der Waals surface area (Å²) >= 11 is 5.97. The molecule has 0 fully saturated rings. The Labute approximate surface area is 125 Å². The molecule has 0 bridgehead atoms. The van der Waals surface area contributed by atoms with E-state index in [0.29, 0.717) is 11.3 Å². The first-order chi connectivity index (χ1) is 9.92. The zero-order valence-corrected chi connectivity index (χ0v) is 12.0. The molecule has 0 spiro atoms. The highest BCUT2D eigenvalue weighted by Gasteiger charge is 2.15. The minimum atomic E-state index is -0.552. The van der Waals surface area contributed by atoms with Crippen LogP contribution in [0.25, 0.3) is 0 Å². The fraction of sp³-hybridized carbons (Fsp3) is 0.143. The van der Waals surface area contributed by atoms with Crippen molar-refractivity contribution >= 4 is 17.3 Å². The summed E-state index contributed by atoms with van der Waals surface area (Å²) in [5.74, 6) is 0.164. The van der Waals surface area contributed by atoms with Gasteiger partial charge in [-0.15, -0.1) is 0 Å². The molecule has 7 heteroatoms. The van der Waals surface area contributed by atoms with Gasteiger partial charge in [0.1, 0.15) is 11.6 Å². The molecule has 0 amide bonds. The Hall–Kier alpha value is -2.65. The number of aromatic nitrogens is 1. The van der Waals surface area contributed by atoms with Gasteiger partial charge < -0.3 is 4.74 Å². The molecule has 1 heterocycles. The van der Waals surface area contributed by atoms with Gasteiger partial charge in [0.05, 0.1) is 16.0 Å². The van der Waals surface area contributed by atoms with Crippen molar-refractivity contribution in [1.29, 1.82) is 5.26 Å². The van der Waals surface area contributed by atoms with Crippen LogP contribution in [0.1, 0.15) is 16.8 Å². The molecule has 0 aliphatic rings. The van der Waals surface area contributed by atoms with Gasteiger partial charge in [-0.3, -0.25) is 10.1 Å². The first-order valence-electron chi connectivity index (χ1n) is 5.92. The second kappa shape index (κ2) is 5.77. The predicted molar refractivity (Wildman–Crippen MR) is 76.6 cm³/mol. The molecule has 0 aliphatic carbocycles. The number of ether oxygens (including phenoxy) is 1. The third kappa shape index (κ3) is 3.09. The van der Waals surface area contributed by atoms with Crippen molar-refractivity contribution in [1.82, 2.24) is 4.98 Å². The molecule has 1 aromatic heterocycles. The van der Waals surface area contributed by atoms with Crippen LogP contribution in [-0.4, -0.2) is 9.91 Å². The lowest BCUT2D eigenvalue weighted by atomic mass is 10.1. The molecule has 2 aromatic rings. The molecule has 0 N–H and O–H groups in total. The average molecular weight is 304 g/mol. The molecule has 0 radical (unpaired) electrons. The number of rotatable bonds is 3. The van der Waals surface area contributed by atoms with Crippen LogP contribution in [0.2, 0.25) is 5.02 Å². The standard InChI is InChI=1S/C14H10ClN3O3/c1-8-5-9(2)17-14(11(8)7-16)21-13-6-10(18(19)20)3-4-12(13)15/h3-6H,1-2H3. The number of hydrogen-bond donors (Lipinski definition) is 0. The van der Waals surface area contributed by atoms with Crippen LogP contribution in [0, 0.1) is 35.3 Å². The molecular weight excluding hydrogens is 294 g/mol. The molecule has 2 rings (SSSR count). The molecule has 0 aliphatic heterocycles. The van der Waals surface area contributed by atoms with Gasteiger partial charge in [0, 0.05) is 11.8 Å². The third-order valence-electron chi connectivity index (χ3n) is 2.76. The van der Waals surface area contributed by atoms with Crippen molar-refractivity contribution < 1.29 is 9.66 Å². The number of nitro groups is 1. The first kappa shape index (κ1) is 14.8. The second-order valence-electron chi connectivity index (χ2n) is 4.35. The van der Waals surface area contributed by atoms with E-state index in [1.807, 2.05) is 6.07 Å². The number of nitro benzene ring substituents is 1. The van der Waals surface area contributed by atoms with Crippen LogP contribution in [0.15, 0.2) is 24.3 Å². The van der Waals surface area contributed by atoms with Crippen LogP contribution >= 0.6 is 11.6 Å². The van der Waals surface area contributed by atoms with Crippen molar-refractivity contribution in [2.45, 2.75) is 13.8 Å². The molecule has 106 valence electrons. The summed E-state index contributed by atoms with van der Waals surface area (Å²) in [6, 6.07) is 7.59. The Balaban J connectivity index is 2.50. The van der Waals surface area contributed by atoms with Gasteiger partial charge in [-0.25, -0.2) is 4.98 Å². The molecule has 0 atom stereocenters. The maximum atomic E-state index is 10.8. The number of pyridine rings is 1. The molecule has 1 aromatic carbocycles. The van der Waals surface area contributed by atoms with Gasteiger partial charge in [-0.05, 0) is 31.5 Å². The Morgan fingerprint density at radius 1 is 1.38 bits per heavy atom. The summed E-state index contributed by atoms with van der Waals surface area (Å²) in [4.78, 5) is 14.4. The summed E-state index contributed by atoms with van der Waals surface area (Å²) in [7, 11) is 0. The summed E-state index contributed by atoms with van der Waals surface area (Å²) in [6.07, 6.45) is 0. The molecule has 6 nitrogen and oxygen atoms in total. The number of nitriles is 1. The van der Waals surface area contributed by atoms with Gasteiger partial charge in [0.2, 0.25) is 5.88 Å². The van der Waals surface area contributed by atoms with Gasteiger partial charge in [0.25, 0.3) is 5.69 Å². The molecule has 21 heavy (non-hydrogen) atoms. The Morgan fingerprint density at radius 3 is 2.71 bits per heavy atom. The van der Waals surface area contributed by atoms with E-state index in [1.165, 1.54) is 18.2 Å². The first-order valence-corrected chi connectivity index (χ1v) is 6.30. The van der Waals surface area contributed by atoms with Crippen LogP contribution < -0.4 is 4.74 Å². The van der Waals surface area contributed by atoms with E-state index in [0.717, 1.165) is 0 Å². The van der Waals surface area contributed by atoms with E-state index in [-0.39, 0.29) is 27.9 Å². The average Bonchev–Trinajstić information content (AvgIpc) is 2.40. The van der Waals surface area contributed by atoms with E-state index in [1.54, 1.807) is 19.9 Å². The zero-order chi connectivity index (χ0) is 15.6. The Morgan fingerprint density at radius 2 is 2.10 bits per heavy atom. The van der Waals surface area contributed by atoms with E-state index in [4.69, 9.17) is 21.6 Å². The topological polar surface area (TPSA) is 89.0 Å². The molecular formula is C14H10ClN3O3. The largest absolute Gasteiger partial charge is 0.436 e. The smallest absolute Gasteiger partial charge is 0.273 e. The van der Waals surface area contributed by atoms with E-state index >= 15 is 0 Å². The number of benzene rings is 1. The van der Waals surface area contributed by atoms with Gasteiger partial charge in [-0.2, -0.15) is 5.26 Å².